The fourth-order valence-corrected chi connectivity index (χ4v) is 1.96. The molecular weight excluding hydrogens is 288 g/mol. The zero-order valence-electron chi connectivity index (χ0n) is 12.5. The van der Waals surface area contributed by atoms with Gasteiger partial charge in [0.15, 0.2) is 0 Å². The van der Waals surface area contributed by atoms with E-state index in [4.69, 9.17) is 10.5 Å². The molecule has 0 fully saturated rings. The molecule has 0 spiro atoms. The van der Waals surface area contributed by atoms with Crippen LogP contribution in [0.25, 0.3) is 0 Å². The minimum Gasteiger partial charge on any atom is -0.360 e. The van der Waals surface area contributed by atoms with Gasteiger partial charge >= 0.3 is 0 Å². The van der Waals surface area contributed by atoms with E-state index in [0.29, 0.717) is 16.9 Å². The van der Waals surface area contributed by atoms with Crippen LogP contribution in [-0.4, -0.2) is 5.91 Å². The number of aryl methyl sites for hydroxylation is 1. The van der Waals surface area contributed by atoms with E-state index in [9.17, 15) is 4.79 Å². The molecule has 2 rings (SSSR count). The van der Waals surface area contributed by atoms with Crippen LogP contribution in [0.3, 0.4) is 0 Å². The van der Waals surface area contributed by atoms with Gasteiger partial charge in [-0.2, -0.15) is 10.5 Å². The van der Waals surface area contributed by atoms with Gasteiger partial charge in [-0.3, -0.25) is 4.79 Å². The number of nitrogens with zero attached hydrogens (tertiary/aromatic N) is 2. The summed E-state index contributed by atoms with van der Waals surface area (Å²) in [6, 6.07) is 17.9. The molecule has 0 saturated heterocycles. The summed E-state index contributed by atoms with van der Waals surface area (Å²) in [5.74, 6) is -0.189. The lowest BCUT2D eigenvalue weighted by atomic mass is 10.1. The number of amides is 1. The normalized spacial score (nSPS) is 9.17. The van der Waals surface area contributed by atoms with E-state index in [1.807, 2.05) is 25.1 Å². The van der Waals surface area contributed by atoms with Gasteiger partial charge in [-0.25, -0.2) is 0 Å². The maximum absolute atomic E-state index is 12.3. The van der Waals surface area contributed by atoms with Crippen molar-refractivity contribution < 1.29 is 4.79 Å². The number of benzene rings is 2. The maximum atomic E-state index is 12.3. The predicted octanol–water partition coefficient (Wildman–Crippen LogP) is 3.59. The molecule has 0 unspecified atom stereocenters. The molecule has 5 nitrogen and oxygen atoms in total. The third kappa shape index (κ3) is 4.20. The molecule has 23 heavy (non-hydrogen) atoms. The van der Waals surface area contributed by atoms with Crippen LogP contribution in [0.5, 0.6) is 0 Å². The molecule has 0 aliphatic heterocycles. The zero-order valence-corrected chi connectivity index (χ0v) is 12.5. The van der Waals surface area contributed by atoms with Crippen LogP contribution in [0.4, 0.5) is 11.4 Å². The van der Waals surface area contributed by atoms with Gasteiger partial charge in [-0.05, 0) is 36.8 Å². The summed E-state index contributed by atoms with van der Waals surface area (Å²) in [4.78, 5) is 12.3. The highest BCUT2D eigenvalue weighted by Gasteiger charge is 2.08. The Labute approximate surface area is 134 Å². The Hall–Kier alpha value is -3.57. The lowest BCUT2D eigenvalue weighted by molar-refractivity contribution is 0.102. The van der Waals surface area contributed by atoms with E-state index < -0.39 is 0 Å². The van der Waals surface area contributed by atoms with Crippen LogP contribution < -0.4 is 10.6 Å². The Morgan fingerprint density at radius 3 is 2.43 bits per heavy atom. The molecule has 1 amide bonds. The van der Waals surface area contributed by atoms with E-state index in [1.54, 1.807) is 42.5 Å². The molecule has 0 heterocycles. The molecule has 5 heteroatoms. The van der Waals surface area contributed by atoms with Crippen LogP contribution in [-0.2, 0) is 0 Å². The number of nitriles is 2. The molecule has 0 radical (unpaired) electrons. The standard InChI is InChI=1S/C18H14N4O/c1-13-5-2-3-8-17(13)18(23)22-16-7-4-6-15(9-16)21-12-14(10-19)11-20/h2-9,12,21H,1H3,(H,22,23). The second kappa shape index (κ2) is 7.44. The van der Waals surface area contributed by atoms with Gasteiger partial charge < -0.3 is 10.6 Å². The number of anilines is 2. The minimum absolute atomic E-state index is 0.0284. The van der Waals surface area contributed by atoms with Crippen molar-refractivity contribution in [3.05, 3.63) is 71.4 Å². The smallest absolute Gasteiger partial charge is 0.255 e. The van der Waals surface area contributed by atoms with Crippen molar-refractivity contribution in [2.24, 2.45) is 0 Å². The third-order valence-electron chi connectivity index (χ3n) is 3.13. The second-order valence-electron chi connectivity index (χ2n) is 4.78. The first-order chi connectivity index (χ1) is 11.1. The van der Waals surface area contributed by atoms with Crippen LogP contribution >= 0.6 is 0 Å². The summed E-state index contributed by atoms with van der Waals surface area (Å²) in [6.07, 6.45) is 1.32. The molecule has 0 aliphatic rings. The number of nitrogens with one attached hydrogen (secondary N) is 2. The number of hydrogen-bond acceptors (Lipinski definition) is 4. The Bertz CT molecular complexity index is 825. The molecular formula is C18H14N4O. The highest BCUT2D eigenvalue weighted by atomic mass is 16.1. The molecule has 0 aromatic heterocycles. The quantitative estimate of drug-likeness (QED) is 0.845. The van der Waals surface area contributed by atoms with Gasteiger partial charge in [0.25, 0.3) is 5.91 Å². The topological polar surface area (TPSA) is 88.7 Å². The predicted molar refractivity (Wildman–Crippen MR) is 88.5 cm³/mol. The monoisotopic (exact) mass is 302 g/mol. The molecule has 112 valence electrons. The minimum atomic E-state index is -0.189. The number of rotatable bonds is 4. The average molecular weight is 302 g/mol. The third-order valence-corrected chi connectivity index (χ3v) is 3.13. The summed E-state index contributed by atoms with van der Waals surface area (Å²) >= 11 is 0. The Morgan fingerprint density at radius 1 is 1.04 bits per heavy atom. The molecule has 2 N–H and O–H groups in total. The van der Waals surface area contributed by atoms with Gasteiger partial charge in [0.2, 0.25) is 0 Å². The highest BCUT2D eigenvalue weighted by Crippen LogP contribution is 2.17. The van der Waals surface area contributed by atoms with Crippen molar-refractivity contribution in [3.63, 3.8) is 0 Å². The summed E-state index contributed by atoms with van der Waals surface area (Å²) in [6.45, 7) is 1.88. The maximum Gasteiger partial charge on any atom is 0.255 e. The average Bonchev–Trinajstić information content (AvgIpc) is 2.56. The number of allylic oxidation sites excluding steroid dienone is 1. The van der Waals surface area contributed by atoms with Gasteiger partial charge in [0, 0.05) is 23.1 Å². The highest BCUT2D eigenvalue weighted by molar-refractivity contribution is 6.05. The van der Waals surface area contributed by atoms with Crippen LogP contribution in [0.2, 0.25) is 0 Å². The fraction of sp³-hybridized carbons (Fsp3) is 0.0556. The zero-order chi connectivity index (χ0) is 16.7. The SMILES string of the molecule is Cc1ccccc1C(=O)Nc1cccc(NC=C(C#N)C#N)c1. The van der Waals surface area contributed by atoms with Crippen LogP contribution in [0.1, 0.15) is 15.9 Å². The number of carbonyl (C=O) groups is 1. The first-order valence-corrected chi connectivity index (χ1v) is 6.88. The first kappa shape index (κ1) is 15.8. The van der Waals surface area contributed by atoms with Gasteiger partial charge in [0.1, 0.15) is 17.7 Å². The fourth-order valence-electron chi connectivity index (χ4n) is 1.96. The van der Waals surface area contributed by atoms with Gasteiger partial charge in [0.05, 0.1) is 0 Å². The van der Waals surface area contributed by atoms with Crippen molar-refractivity contribution in [1.29, 1.82) is 10.5 Å². The van der Waals surface area contributed by atoms with Crippen molar-refractivity contribution >= 4 is 17.3 Å². The lowest BCUT2D eigenvalue weighted by Gasteiger charge is -2.09. The van der Waals surface area contributed by atoms with Crippen molar-refractivity contribution in [2.45, 2.75) is 6.92 Å². The number of hydrogen-bond donors (Lipinski definition) is 2. The first-order valence-electron chi connectivity index (χ1n) is 6.88. The lowest BCUT2D eigenvalue weighted by Crippen LogP contribution is -2.13. The van der Waals surface area contributed by atoms with Crippen molar-refractivity contribution in [3.8, 4) is 12.1 Å². The Balaban J connectivity index is 2.14. The molecule has 2 aromatic carbocycles. The van der Waals surface area contributed by atoms with Crippen molar-refractivity contribution in [2.75, 3.05) is 10.6 Å². The van der Waals surface area contributed by atoms with E-state index in [-0.39, 0.29) is 11.5 Å². The van der Waals surface area contributed by atoms with E-state index in [1.165, 1.54) is 6.20 Å². The Morgan fingerprint density at radius 2 is 1.74 bits per heavy atom. The van der Waals surface area contributed by atoms with E-state index in [0.717, 1.165) is 5.56 Å². The summed E-state index contributed by atoms with van der Waals surface area (Å²) in [7, 11) is 0. The Kier molecular flexibility index (Phi) is 5.12. The second-order valence-corrected chi connectivity index (χ2v) is 4.78. The summed E-state index contributed by atoms with van der Waals surface area (Å²) in [5, 5.41) is 23.1. The van der Waals surface area contributed by atoms with Gasteiger partial charge in [-0.15, -0.1) is 0 Å². The largest absolute Gasteiger partial charge is 0.360 e. The van der Waals surface area contributed by atoms with E-state index in [2.05, 4.69) is 10.6 Å². The summed E-state index contributed by atoms with van der Waals surface area (Å²) in [5.41, 5.74) is 2.76. The molecule has 0 aliphatic carbocycles. The van der Waals surface area contributed by atoms with Crippen molar-refractivity contribution in [1.82, 2.24) is 0 Å². The molecule has 0 bridgehead atoms. The molecule has 0 saturated carbocycles. The van der Waals surface area contributed by atoms with Gasteiger partial charge in [-0.1, -0.05) is 24.3 Å². The molecule has 2 aromatic rings. The van der Waals surface area contributed by atoms with Crippen LogP contribution in [0.15, 0.2) is 60.3 Å². The summed E-state index contributed by atoms with van der Waals surface area (Å²) < 4.78 is 0. The number of carbonyl (C=O) groups excluding carboxylic acids is 1. The van der Waals surface area contributed by atoms with E-state index >= 15 is 0 Å². The van der Waals surface area contributed by atoms with Crippen LogP contribution in [0, 0.1) is 29.6 Å². The molecule has 0 atom stereocenters.